The summed E-state index contributed by atoms with van der Waals surface area (Å²) in [6, 6.07) is 10.7. The van der Waals surface area contributed by atoms with Gasteiger partial charge in [0.1, 0.15) is 11.5 Å². The molecule has 20 heavy (non-hydrogen) atoms. The maximum atomic E-state index is 5.84. The van der Waals surface area contributed by atoms with Gasteiger partial charge >= 0.3 is 0 Å². The van der Waals surface area contributed by atoms with Crippen LogP contribution < -0.4 is 10.1 Å². The van der Waals surface area contributed by atoms with E-state index in [1.807, 2.05) is 18.2 Å². The molecule has 106 valence electrons. The number of rotatable bonds is 3. The van der Waals surface area contributed by atoms with Crippen molar-refractivity contribution in [3.8, 4) is 5.75 Å². The van der Waals surface area contributed by atoms with Gasteiger partial charge in [0.2, 0.25) is 0 Å². The van der Waals surface area contributed by atoms with Gasteiger partial charge < -0.3 is 14.5 Å². The molecule has 0 aliphatic carbocycles. The first-order valence-electron chi connectivity index (χ1n) is 6.96. The van der Waals surface area contributed by atoms with E-state index < -0.39 is 0 Å². The molecule has 2 unspecified atom stereocenters. The van der Waals surface area contributed by atoms with Gasteiger partial charge in [0.05, 0.1) is 18.9 Å². The van der Waals surface area contributed by atoms with Crippen LogP contribution in [0.25, 0.3) is 0 Å². The Hall–Kier alpha value is -1.26. The number of ether oxygens (including phenoxy) is 1. The van der Waals surface area contributed by atoms with Gasteiger partial charge in [-0.1, -0.05) is 22.0 Å². The van der Waals surface area contributed by atoms with Crippen molar-refractivity contribution in [3.05, 3.63) is 52.4 Å². The predicted octanol–water partition coefficient (Wildman–Crippen LogP) is 4.61. The highest BCUT2D eigenvalue weighted by Gasteiger charge is 2.22. The van der Waals surface area contributed by atoms with Gasteiger partial charge in [-0.05, 0) is 44.0 Å². The van der Waals surface area contributed by atoms with Crippen LogP contribution in [0, 0.1) is 0 Å². The van der Waals surface area contributed by atoms with Crippen LogP contribution in [0.4, 0.5) is 0 Å². The smallest absolute Gasteiger partial charge is 0.125 e. The molecule has 2 aromatic rings. The zero-order valence-electron chi connectivity index (χ0n) is 11.4. The fraction of sp³-hybridized carbons (Fsp3) is 0.375. The number of fused-ring (bicyclic) bond motifs is 1. The first-order chi connectivity index (χ1) is 9.74. The van der Waals surface area contributed by atoms with Crippen molar-refractivity contribution in [1.82, 2.24) is 5.32 Å². The van der Waals surface area contributed by atoms with E-state index >= 15 is 0 Å². The maximum Gasteiger partial charge on any atom is 0.125 e. The average Bonchev–Trinajstić information content (AvgIpc) is 2.90. The minimum Gasteiger partial charge on any atom is -0.493 e. The molecule has 0 spiro atoms. The summed E-state index contributed by atoms with van der Waals surface area (Å²) in [6.45, 7) is 2.90. The Morgan fingerprint density at radius 3 is 3.05 bits per heavy atom. The standard InChI is InChI=1S/C16H18BrNO2/c1-11(15-5-3-9-19-15)18-14-4-2-8-20-16-10-12(17)6-7-13(14)16/h3,5-7,9-11,14,18H,2,4,8H2,1H3. The lowest BCUT2D eigenvalue weighted by Gasteiger charge is -2.22. The van der Waals surface area contributed by atoms with Gasteiger partial charge in [0.15, 0.2) is 0 Å². The van der Waals surface area contributed by atoms with E-state index in [1.54, 1.807) is 6.26 Å². The van der Waals surface area contributed by atoms with Crippen LogP contribution in [0.15, 0.2) is 45.5 Å². The predicted molar refractivity (Wildman–Crippen MR) is 81.9 cm³/mol. The van der Waals surface area contributed by atoms with Crippen LogP contribution >= 0.6 is 15.9 Å². The highest BCUT2D eigenvalue weighted by atomic mass is 79.9. The normalized spacial score (nSPS) is 19.8. The summed E-state index contributed by atoms with van der Waals surface area (Å²) in [5.74, 6) is 1.94. The van der Waals surface area contributed by atoms with E-state index in [0.29, 0.717) is 6.04 Å². The Labute approximate surface area is 127 Å². The zero-order valence-corrected chi connectivity index (χ0v) is 13.0. The third kappa shape index (κ3) is 2.91. The molecule has 0 radical (unpaired) electrons. The zero-order chi connectivity index (χ0) is 13.9. The fourth-order valence-corrected chi connectivity index (χ4v) is 2.98. The minimum atomic E-state index is 0.185. The second kappa shape index (κ2) is 6.02. The molecule has 0 amide bonds. The van der Waals surface area contributed by atoms with Crippen LogP contribution in [0.2, 0.25) is 0 Å². The van der Waals surface area contributed by atoms with Gasteiger partial charge in [-0.3, -0.25) is 0 Å². The Morgan fingerprint density at radius 1 is 1.35 bits per heavy atom. The van der Waals surface area contributed by atoms with Crippen molar-refractivity contribution in [2.75, 3.05) is 6.61 Å². The molecule has 0 saturated carbocycles. The van der Waals surface area contributed by atoms with E-state index in [9.17, 15) is 0 Å². The monoisotopic (exact) mass is 335 g/mol. The molecular weight excluding hydrogens is 318 g/mol. The Balaban J connectivity index is 1.83. The second-order valence-corrected chi connectivity index (χ2v) is 6.04. The van der Waals surface area contributed by atoms with E-state index in [-0.39, 0.29) is 6.04 Å². The molecule has 3 nitrogen and oxygen atoms in total. The molecule has 0 bridgehead atoms. The summed E-state index contributed by atoms with van der Waals surface area (Å²) in [6.07, 6.45) is 3.84. The highest BCUT2D eigenvalue weighted by Crippen LogP contribution is 2.35. The average molecular weight is 336 g/mol. The van der Waals surface area contributed by atoms with Crippen LogP contribution in [0.5, 0.6) is 5.75 Å². The second-order valence-electron chi connectivity index (χ2n) is 5.13. The summed E-state index contributed by atoms with van der Waals surface area (Å²) in [7, 11) is 0. The molecule has 1 aliphatic rings. The van der Waals surface area contributed by atoms with E-state index in [2.05, 4.69) is 40.3 Å². The third-order valence-electron chi connectivity index (χ3n) is 3.67. The largest absolute Gasteiger partial charge is 0.493 e. The molecule has 1 N–H and O–H groups in total. The lowest BCUT2D eigenvalue weighted by atomic mass is 10.0. The summed E-state index contributed by atoms with van der Waals surface area (Å²) in [5, 5.41) is 3.65. The summed E-state index contributed by atoms with van der Waals surface area (Å²) < 4.78 is 12.4. The van der Waals surface area contributed by atoms with Crippen LogP contribution in [0.1, 0.15) is 43.2 Å². The highest BCUT2D eigenvalue weighted by molar-refractivity contribution is 9.10. The molecule has 1 aromatic heterocycles. The van der Waals surface area contributed by atoms with Crippen LogP contribution in [-0.2, 0) is 0 Å². The van der Waals surface area contributed by atoms with Crippen molar-refractivity contribution in [1.29, 1.82) is 0 Å². The summed E-state index contributed by atoms with van der Waals surface area (Å²) in [5.41, 5.74) is 1.23. The molecule has 4 heteroatoms. The number of benzene rings is 1. The van der Waals surface area contributed by atoms with Crippen molar-refractivity contribution in [2.45, 2.75) is 31.8 Å². The Kier molecular flexibility index (Phi) is 4.13. The molecule has 1 aromatic carbocycles. The number of nitrogens with one attached hydrogen (secondary N) is 1. The van der Waals surface area contributed by atoms with Gasteiger partial charge in [-0.25, -0.2) is 0 Å². The van der Waals surface area contributed by atoms with Crippen LogP contribution in [0.3, 0.4) is 0 Å². The van der Waals surface area contributed by atoms with Crippen molar-refractivity contribution >= 4 is 15.9 Å². The Bertz CT molecular complexity index is 568. The van der Waals surface area contributed by atoms with Gasteiger partial charge in [0, 0.05) is 16.1 Å². The maximum absolute atomic E-state index is 5.84. The van der Waals surface area contributed by atoms with Gasteiger partial charge in [-0.15, -0.1) is 0 Å². The molecule has 3 rings (SSSR count). The molecule has 2 atom stereocenters. The first-order valence-corrected chi connectivity index (χ1v) is 7.75. The molecule has 0 fully saturated rings. The lowest BCUT2D eigenvalue weighted by molar-refractivity contribution is 0.313. The first kappa shape index (κ1) is 13.7. The SMILES string of the molecule is CC(NC1CCCOc2cc(Br)ccc21)c1ccco1. The minimum absolute atomic E-state index is 0.185. The van der Waals surface area contributed by atoms with Crippen molar-refractivity contribution < 1.29 is 9.15 Å². The summed E-state index contributed by atoms with van der Waals surface area (Å²) >= 11 is 3.50. The number of furan rings is 1. The third-order valence-corrected chi connectivity index (χ3v) is 4.16. The van der Waals surface area contributed by atoms with Crippen LogP contribution in [-0.4, -0.2) is 6.61 Å². The summed E-state index contributed by atoms with van der Waals surface area (Å²) in [4.78, 5) is 0. The fourth-order valence-electron chi connectivity index (χ4n) is 2.64. The molecule has 2 heterocycles. The van der Waals surface area contributed by atoms with Gasteiger partial charge in [-0.2, -0.15) is 0 Å². The molecule has 0 saturated heterocycles. The van der Waals surface area contributed by atoms with Crippen molar-refractivity contribution in [2.24, 2.45) is 0 Å². The van der Waals surface area contributed by atoms with E-state index in [0.717, 1.165) is 35.4 Å². The lowest BCUT2D eigenvalue weighted by Crippen LogP contribution is -2.24. The quantitative estimate of drug-likeness (QED) is 0.889. The van der Waals surface area contributed by atoms with Crippen molar-refractivity contribution in [3.63, 3.8) is 0 Å². The molecular formula is C16H18BrNO2. The number of halogens is 1. The van der Waals surface area contributed by atoms with E-state index in [4.69, 9.17) is 9.15 Å². The topological polar surface area (TPSA) is 34.4 Å². The number of hydrogen-bond acceptors (Lipinski definition) is 3. The number of hydrogen-bond donors (Lipinski definition) is 1. The Morgan fingerprint density at radius 2 is 2.25 bits per heavy atom. The van der Waals surface area contributed by atoms with E-state index in [1.165, 1.54) is 5.56 Å². The molecule has 1 aliphatic heterocycles. The van der Waals surface area contributed by atoms with Gasteiger partial charge in [0.25, 0.3) is 0 Å².